The Labute approximate surface area is 136 Å². The molecule has 0 radical (unpaired) electrons. The average Bonchev–Trinajstić information content (AvgIpc) is 2.55. The van der Waals surface area contributed by atoms with Crippen LogP contribution in [0.15, 0.2) is 53.7 Å². The van der Waals surface area contributed by atoms with E-state index in [1.807, 2.05) is 6.92 Å². The number of nitrogens with one attached hydrogen (secondary N) is 2. The second-order valence-corrected chi connectivity index (χ2v) is 6.86. The number of hydrogen-bond acceptors (Lipinski definition) is 4. The summed E-state index contributed by atoms with van der Waals surface area (Å²) in [5.74, 6) is -0.277. The molecule has 0 spiro atoms. The maximum Gasteiger partial charge on any atom is 0.255 e. The molecular formula is C16H19N3O3S. The number of hydrogen-bond donors (Lipinski definition) is 2. The number of sulfonamides is 1. The van der Waals surface area contributed by atoms with Gasteiger partial charge in [0.1, 0.15) is 0 Å². The predicted molar refractivity (Wildman–Crippen MR) is 88.7 cm³/mol. The van der Waals surface area contributed by atoms with Crippen LogP contribution in [-0.4, -0.2) is 25.4 Å². The van der Waals surface area contributed by atoms with Gasteiger partial charge in [-0.3, -0.25) is 9.78 Å². The first-order chi connectivity index (χ1) is 10.9. The maximum atomic E-state index is 12.2. The minimum absolute atomic E-state index is 0.133. The van der Waals surface area contributed by atoms with Crippen molar-refractivity contribution in [2.75, 3.05) is 5.32 Å². The van der Waals surface area contributed by atoms with E-state index in [0.29, 0.717) is 17.7 Å². The summed E-state index contributed by atoms with van der Waals surface area (Å²) in [5.41, 5.74) is 1.00. The molecule has 2 rings (SSSR count). The lowest BCUT2D eigenvalue weighted by Crippen LogP contribution is -2.31. The van der Waals surface area contributed by atoms with Crippen molar-refractivity contribution < 1.29 is 13.2 Å². The van der Waals surface area contributed by atoms with Gasteiger partial charge in [0.05, 0.1) is 4.90 Å². The summed E-state index contributed by atoms with van der Waals surface area (Å²) in [6.07, 6.45) is 3.77. The van der Waals surface area contributed by atoms with Crippen molar-refractivity contribution in [2.45, 2.75) is 31.2 Å². The minimum atomic E-state index is -3.54. The fourth-order valence-electron chi connectivity index (χ4n) is 1.84. The van der Waals surface area contributed by atoms with Crippen molar-refractivity contribution in [1.82, 2.24) is 9.71 Å². The number of amides is 1. The van der Waals surface area contributed by atoms with Crippen LogP contribution in [0.4, 0.5) is 5.69 Å². The van der Waals surface area contributed by atoms with Gasteiger partial charge >= 0.3 is 0 Å². The van der Waals surface area contributed by atoms with E-state index in [1.54, 1.807) is 31.2 Å². The first-order valence-corrected chi connectivity index (χ1v) is 8.74. The largest absolute Gasteiger partial charge is 0.322 e. The third-order valence-electron chi connectivity index (χ3n) is 3.33. The van der Waals surface area contributed by atoms with Crippen LogP contribution in [0.1, 0.15) is 30.6 Å². The van der Waals surface area contributed by atoms with Crippen LogP contribution in [0.3, 0.4) is 0 Å². The highest BCUT2D eigenvalue weighted by Crippen LogP contribution is 2.15. The highest BCUT2D eigenvalue weighted by molar-refractivity contribution is 7.89. The summed E-state index contributed by atoms with van der Waals surface area (Å²) in [5, 5.41) is 2.71. The molecule has 0 saturated carbocycles. The number of aromatic nitrogens is 1. The molecule has 1 aromatic heterocycles. The van der Waals surface area contributed by atoms with Gasteiger partial charge < -0.3 is 5.32 Å². The van der Waals surface area contributed by atoms with Crippen LogP contribution in [0.25, 0.3) is 0 Å². The Morgan fingerprint density at radius 2 is 1.74 bits per heavy atom. The number of benzene rings is 1. The van der Waals surface area contributed by atoms with Crippen LogP contribution >= 0.6 is 0 Å². The lowest BCUT2D eigenvalue weighted by molar-refractivity contribution is 0.102. The Morgan fingerprint density at radius 1 is 1.13 bits per heavy atom. The van der Waals surface area contributed by atoms with Crippen LogP contribution < -0.4 is 10.0 Å². The van der Waals surface area contributed by atoms with Gasteiger partial charge in [0.25, 0.3) is 5.91 Å². The van der Waals surface area contributed by atoms with Gasteiger partial charge in [0, 0.05) is 29.7 Å². The molecule has 2 N–H and O–H groups in total. The number of carbonyl (C=O) groups is 1. The molecule has 23 heavy (non-hydrogen) atoms. The molecule has 0 aliphatic rings. The van der Waals surface area contributed by atoms with E-state index in [1.165, 1.54) is 24.5 Å². The van der Waals surface area contributed by atoms with Gasteiger partial charge in [-0.05, 0) is 49.7 Å². The Morgan fingerprint density at radius 3 is 2.30 bits per heavy atom. The summed E-state index contributed by atoms with van der Waals surface area (Å²) in [7, 11) is -3.54. The molecule has 0 aliphatic heterocycles. The second kappa shape index (κ2) is 7.34. The average molecular weight is 333 g/mol. The lowest BCUT2D eigenvalue weighted by Gasteiger charge is -2.12. The Kier molecular flexibility index (Phi) is 5.46. The maximum absolute atomic E-state index is 12.2. The molecule has 7 heteroatoms. The number of rotatable bonds is 6. The second-order valence-electron chi connectivity index (χ2n) is 5.14. The first-order valence-electron chi connectivity index (χ1n) is 7.26. The van der Waals surface area contributed by atoms with Crippen LogP contribution in [0.5, 0.6) is 0 Å². The van der Waals surface area contributed by atoms with Crippen molar-refractivity contribution in [2.24, 2.45) is 0 Å². The summed E-state index contributed by atoms with van der Waals surface area (Å²) < 4.78 is 26.9. The first kappa shape index (κ1) is 17.1. The van der Waals surface area contributed by atoms with E-state index in [0.717, 1.165) is 0 Å². The molecule has 1 atom stereocenters. The highest BCUT2D eigenvalue weighted by Gasteiger charge is 2.16. The zero-order chi connectivity index (χ0) is 16.9. The number of nitrogens with zero attached hydrogens (tertiary/aromatic N) is 1. The Hall–Kier alpha value is -2.25. The molecule has 1 aromatic carbocycles. The van der Waals surface area contributed by atoms with Crippen molar-refractivity contribution >= 4 is 21.6 Å². The molecular weight excluding hydrogens is 314 g/mol. The van der Waals surface area contributed by atoms with Gasteiger partial charge in [-0.25, -0.2) is 13.1 Å². The summed E-state index contributed by atoms with van der Waals surface area (Å²) in [6, 6.07) is 9.12. The molecule has 1 amide bonds. The lowest BCUT2D eigenvalue weighted by atomic mass is 10.2. The normalized spacial score (nSPS) is 12.6. The highest BCUT2D eigenvalue weighted by atomic mass is 32.2. The zero-order valence-corrected chi connectivity index (χ0v) is 13.8. The molecule has 1 heterocycles. The van der Waals surface area contributed by atoms with E-state index in [4.69, 9.17) is 0 Å². The van der Waals surface area contributed by atoms with E-state index in [2.05, 4.69) is 15.0 Å². The third-order valence-corrected chi connectivity index (χ3v) is 4.94. The van der Waals surface area contributed by atoms with Crippen LogP contribution in [0, 0.1) is 0 Å². The predicted octanol–water partition coefficient (Wildman–Crippen LogP) is 2.41. The Bertz CT molecular complexity index is 759. The monoisotopic (exact) mass is 333 g/mol. The standard InChI is InChI=1S/C16H19N3O3S/c1-3-12(2)19-23(21,22)15-6-4-14(5-7-15)18-16(20)13-8-10-17-11-9-13/h4-12,19H,3H2,1-2H3,(H,18,20)/t12-/m1/s1. The molecule has 122 valence electrons. The summed E-state index contributed by atoms with van der Waals surface area (Å²) >= 11 is 0. The van der Waals surface area contributed by atoms with E-state index >= 15 is 0 Å². The fourth-order valence-corrected chi connectivity index (χ4v) is 3.17. The number of carbonyl (C=O) groups excluding carboxylic acids is 1. The molecule has 0 saturated heterocycles. The Balaban J connectivity index is 2.09. The molecule has 0 aliphatic carbocycles. The van der Waals surface area contributed by atoms with Crippen LogP contribution in [0.2, 0.25) is 0 Å². The molecule has 2 aromatic rings. The van der Waals surface area contributed by atoms with Gasteiger partial charge in [-0.2, -0.15) is 0 Å². The number of anilines is 1. The van der Waals surface area contributed by atoms with Gasteiger partial charge in [0.15, 0.2) is 0 Å². The van der Waals surface area contributed by atoms with Gasteiger partial charge in [-0.1, -0.05) is 6.92 Å². The molecule has 0 unspecified atom stereocenters. The topological polar surface area (TPSA) is 88.2 Å². The number of pyridine rings is 1. The van der Waals surface area contributed by atoms with E-state index in [9.17, 15) is 13.2 Å². The van der Waals surface area contributed by atoms with Crippen molar-refractivity contribution in [3.8, 4) is 0 Å². The van der Waals surface area contributed by atoms with Gasteiger partial charge in [-0.15, -0.1) is 0 Å². The summed E-state index contributed by atoms with van der Waals surface area (Å²) in [4.78, 5) is 16.0. The smallest absolute Gasteiger partial charge is 0.255 e. The minimum Gasteiger partial charge on any atom is -0.322 e. The molecule has 0 fully saturated rings. The molecule has 6 nitrogen and oxygen atoms in total. The SMILES string of the molecule is CC[C@@H](C)NS(=O)(=O)c1ccc(NC(=O)c2ccncc2)cc1. The van der Waals surface area contributed by atoms with Crippen molar-refractivity contribution in [3.05, 3.63) is 54.4 Å². The fraction of sp³-hybridized carbons (Fsp3) is 0.250. The zero-order valence-electron chi connectivity index (χ0n) is 13.0. The van der Waals surface area contributed by atoms with Crippen molar-refractivity contribution in [1.29, 1.82) is 0 Å². The molecule has 0 bridgehead atoms. The van der Waals surface area contributed by atoms with E-state index < -0.39 is 10.0 Å². The van der Waals surface area contributed by atoms with Crippen LogP contribution in [-0.2, 0) is 10.0 Å². The summed E-state index contributed by atoms with van der Waals surface area (Å²) in [6.45, 7) is 3.71. The third kappa shape index (κ3) is 4.61. The van der Waals surface area contributed by atoms with Gasteiger partial charge in [0.2, 0.25) is 10.0 Å². The van der Waals surface area contributed by atoms with Crippen molar-refractivity contribution in [3.63, 3.8) is 0 Å². The van der Waals surface area contributed by atoms with E-state index in [-0.39, 0.29) is 16.8 Å². The quantitative estimate of drug-likeness (QED) is 0.850.